The van der Waals surface area contributed by atoms with Crippen molar-refractivity contribution < 1.29 is 14.6 Å². The van der Waals surface area contributed by atoms with E-state index in [2.05, 4.69) is 5.10 Å². The standard InChI is InChI=1S/C15H18ClN3O3/c1-22-9-7-18(6-8-20)15(21)12-10-17-19(11-12)14-4-2-13(16)3-5-14/h2-5,10-11,20H,6-9H2,1H3. The smallest absolute Gasteiger partial charge is 0.257 e. The van der Waals surface area contributed by atoms with Gasteiger partial charge in [0.1, 0.15) is 0 Å². The first kappa shape index (κ1) is 16.5. The monoisotopic (exact) mass is 323 g/mol. The van der Waals surface area contributed by atoms with Crippen LogP contribution in [0.2, 0.25) is 5.02 Å². The van der Waals surface area contributed by atoms with Crippen molar-refractivity contribution >= 4 is 17.5 Å². The molecule has 0 saturated carbocycles. The highest BCUT2D eigenvalue weighted by atomic mass is 35.5. The molecule has 118 valence electrons. The normalized spacial score (nSPS) is 10.7. The van der Waals surface area contributed by atoms with Crippen molar-refractivity contribution in [2.75, 3.05) is 33.4 Å². The molecule has 1 N–H and O–H groups in total. The molecule has 2 rings (SSSR count). The highest BCUT2D eigenvalue weighted by molar-refractivity contribution is 6.30. The summed E-state index contributed by atoms with van der Waals surface area (Å²) in [6.07, 6.45) is 3.16. The summed E-state index contributed by atoms with van der Waals surface area (Å²) in [5.74, 6) is -0.189. The minimum Gasteiger partial charge on any atom is -0.395 e. The maximum Gasteiger partial charge on any atom is 0.257 e. The Kier molecular flexibility index (Phi) is 5.94. The molecule has 1 aromatic carbocycles. The maximum absolute atomic E-state index is 12.4. The second-order valence-electron chi connectivity index (χ2n) is 4.66. The van der Waals surface area contributed by atoms with Gasteiger partial charge in [-0.25, -0.2) is 4.68 Å². The summed E-state index contributed by atoms with van der Waals surface area (Å²) < 4.78 is 6.59. The molecule has 0 atom stereocenters. The second-order valence-corrected chi connectivity index (χ2v) is 5.10. The number of hydrogen-bond acceptors (Lipinski definition) is 4. The summed E-state index contributed by atoms with van der Waals surface area (Å²) in [4.78, 5) is 14.0. The van der Waals surface area contributed by atoms with Crippen LogP contribution in [0.25, 0.3) is 5.69 Å². The first-order valence-electron chi connectivity index (χ1n) is 6.85. The van der Waals surface area contributed by atoms with Gasteiger partial charge in [0.2, 0.25) is 0 Å². The molecule has 0 bridgehead atoms. The molecule has 0 aliphatic heterocycles. The van der Waals surface area contributed by atoms with Gasteiger partial charge >= 0.3 is 0 Å². The molecule has 0 fully saturated rings. The predicted octanol–water partition coefficient (Wildman–Crippen LogP) is 1.61. The molecule has 6 nitrogen and oxygen atoms in total. The molecule has 22 heavy (non-hydrogen) atoms. The minimum absolute atomic E-state index is 0.0965. The predicted molar refractivity (Wildman–Crippen MR) is 83.4 cm³/mol. The number of rotatable bonds is 7. The Balaban J connectivity index is 2.14. The zero-order valence-corrected chi connectivity index (χ0v) is 13.0. The van der Waals surface area contributed by atoms with E-state index in [4.69, 9.17) is 21.4 Å². The molecule has 0 radical (unpaired) electrons. The number of aromatic nitrogens is 2. The zero-order valence-electron chi connectivity index (χ0n) is 12.3. The summed E-state index contributed by atoms with van der Waals surface area (Å²) in [5, 5.41) is 13.9. The fourth-order valence-corrected chi connectivity index (χ4v) is 2.11. The van der Waals surface area contributed by atoms with Gasteiger partial charge in [0, 0.05) is 31.4 Å². The Bertz CT molecular complexity index is 613. The van der Waals surface area contributed by atoms with Crippen molar-refractivity contribution in [3.8, 4) is 5.69 Å². The Morgan fingerprint density at radius 3 is 2.73 bits per heavy atom. The van der Waals surface area contributed by atoms with Gasteiger partial charge in [-0.15, -0.1) is 0 Å². The van der Waals surface area contributed by atoms with Gasteiger partial charge in [-0.3, -0.25) is 4.79 Å². The number of carbonyl (C=O) groups is 1. The van der Waals surface area contributed by atoms with Crippen molar-refractivity contribution in [2.45, 2.75) is 0 Å². The van der Waals surface area contributed by atoms with E-state index >= 15 is 0 Å². The van der Waals surface area contributed by atoms with E-state index in [1.807, 2.05) is 12.1 Å². The number of carbonyl (C=O) groups excluding carboxylic acids is 1. The lowest BCUT2D eigenvalue weighted by atomic mass is 10.3. The van der Waals surface area contributed by atoms with Crippen LogP contribution in [0.15, 0.2) is 36.7 Å². The van der Waals surface area contributed by atoms with Gasteiger partial charge in [-0.05, 0) is 24.3 Å². The fourth-order valence-electron chi connectivity index (χ4n) is 1.99. The topological polar surface area (TPSA) is 67.6 Å². The van der Waals surface area contributed by atoms with Crippen molar-refractivity contribution in [3.63, 3.8) is 0 Å². The summed E-state index contributed by atoms with van der Waals surface area (Å²) in [6, 6.07) is 7.16. The van der Waals surface area contributed by atoms with Crippen LogP contribution in [0.5, 0.6) is 0 Å². The average Bonchev–Trinajstić information content (AvgIpc) is 3.01. The number of amides is 1. The SMILES string of the molecule is COCCN(CCO)C(=O)c1cnn(-c2ccc(Cl)cc2)c1. The summed E-state index contributed by atoms with van der Waals surface area (Å²) in [7, 11) is 1.57. The molecule has 2 aromatic rings. The molecule has 0 aliphatic rings. The maximum atomic E-state index is 12.4. The van der Waals surface area contributed by atoms with Crippen LogP contribution in [0.1, 0.15) is 10.4 Å². The first-order chi connectivity index (χ1) is 10.7. The Morgan fingerprint density at radius 2 is 2.09 bits per heavy atom. The van der Waals surface area contributed by atoms with Gasteiger partial charge in [-0.1, -0.05) is 11.6 Å². The van der Waals surface area contributed by atoms with Crippen molar-refractivity contribution in [1.29, 1.82) is 0 Å². The molecule has 0 saturated heterocycles. The van der Waals surface area contributed by atoms with Gasteiger partial charge in [-0.2, -0.15) is 5.10 Å². The lowest BCUT2D eigenvalue weighted by Gasteiger charge is -2.20. The third-order valence-corrected chi connectivity index (χ3v) is 3.40. The highest BCUT2D eigenvalue weighted by Gasteiger charge is 2.17. The first-order valence-corrected chi connectivity index (χ1v) is 7.23. The quantitative estimate of drug-likeness (QED) is 0.840. The van der Waals surface area contributed by atoms with Crippen molar-refractivity contribution in [3.05, 3.63) is 47.2 Å². The van der Waals surface area contributed by atoms with Crippen LogP contribution in [0, 0.1) is 0 Å². The number of halogens is 1. The minimum atomic E-state index is -0.189. The molecular weight excluding hydrogens is 306 g/mol. The number of hydrogen-bond donors (Lipinski definition) is 1. The molecule has 0 spiro atoms. The summed E-state index contributed by atoms with van der Waals surface area (Å²) in [5.41, 5.74) is 1.27. The Morgan fingerprint density at radius 1 is 1.36 bits per heavy atom. The molecule has 0 unspecified atom stereocenters. The van der Waals surface area contributed by atoms with Crippen LogP contribution in [0.4, 0.5) is 0 Å². The third-order valence-electron chi connectivity index (χ3n) is 3.14. The van der Waals surface area contributed by atoms with Crippen molar-refractivity contribution in [1.82, 2.24) is 14.7 Å². The fraction of sp³-hybridized carbons (Fsp3) is 0.333. The Labute approximate surface area is 133 Å². The lowest BCUT2D eigenvalue weighted by Crippen LogP contribution is -2.36. The number of nitrogens with zero attached hydrogens (tertiary/aromatic N) is 3. The number of aliphatic hydroxyl groups excluding tert-OH is 1. The number of benzene rings is 1. The van der Waals surface area contributed by atoms with E-state index in [-0.39, 0.29) is 19.1 Å². The number of aliphatic hydroxyl groups is 1. The van der Waals surface area contributed by atoms with E-state index < -0.39 is 0 Å². The van der Waals surface area contributed by atoms with E-state index in [1.54, 1.807) is 30.1 Å². The number of ether oxygens (including phenoxy) is 1. The summed E-state index contributed by atoms with van der Waals surface area (Å²) in [6.45, 7) is 0.994. The van der Waals surface area contributed by atoms with Crippen LogP contribution in [-0.2, 0) is 4.74 Å². The van der Waals surface area contributed by atoms with Crippen molar-refractivity contribution in [2.24, 2.45) is 0 Å². The van der Waals surface area contributed by atoms with E-state index in [0.717, 1.165) is 5.69 Å². The van der Waals surface area contributed by atoms with Crippen LogP contribution in [-0.4, -0.2) is 59.1 Å². The van der Waals surface area contributed by atoms with Gasteiger partial charge in [0.25, 0.3) is 5.91 Å². The molecular formula is C15H18ClN3O3. The third kappa shape index (κ3) is 4.07. The average molecular weight is 324 g/mol. The molecule has 1 aromatic heterocycles. The zero-order chi connectivity index (χ0) is 15.9. The van der Waals surface area contributed by atoms with Gasteiger partial charge in [0.05, 0.1) is 30.7 Å². The van der Waals surface area contributed by atoms with Crippen LogP contribution in [0.3, 0.4) is 0 Å². The molecule has 1 heterocycles. The molecule has 1 amide bonds. The van der Waals surface area contributed by atoms with Crippen LogP contribution >= 0.6 is 11.6 Å². The van der Waals surface area contributed by atoms with E-state index in [9.17, 15) is 4.79 Å². The Hall–Kier alpha value is -1.89. The number of methoxy groups -OCH3 is 1. The highest BCUT2D eigenvalue weighted by Crippen LogP contribution is 2.14. The van der Waals surface area contributed by atoms with Crippen LogP contribution < -0.4 is 0 Å². The largest absolute Gasteiger partial charge is 0.395 e. The molecule has 0 aliphatic carbocycles. The lowest BCUT2D eigenvalue weighted by molar-refractivity contribution is 0.0656. The second kappa shape index (κ2) is 7.93. The van der Waals surface area contributed by atoms with E-state index in [1.165, 1.54) is 11.1 Å². The molecule has 7 heteroatoms. The summed E-state index contributed by atoms with van der Waals surface area (Å²) >= 11 is 5.85. The van der Waals surface area contributed by atoms with Gasteiger partial charge < -0.3 is 14.7 Å². The van der Waals surface area contributed by atoms with E-state index in [0.29, 0.717) is 23.7 Å². The van der Waals surface area contributed by atoms with Gasteiger partial charge in [0.15, 0.2) is 0 Å².